The molecule has 0 spiro atoms. The molecular formula is C15H14N4O3S. The number of carbonyl (C=O) groups is 1. The fourth-order valence-electron chi connectivity index (χ4n) is 2.85. The van der Waals surface area contributed by atoms with Crippen LogP contribution >= 0.6 is 0 Å². The zero-order valence-electron chi connectivity index (χ0n) is 12.2. The van der Waals surface area contributed by atoms with Crippen LogP contribution in [0.2, 0.25) is 0 Å². The van der Waals surface area contributed by atoms with E-state index in [0.29, 0.717) is 12.8 Å². The third kappa shape index (κ3) is 2.79. The minimum absolute atomic E-state index is 0.136. The number of sulfonamides is 1. The number of benzene rings is 2. The lowest BCUT2D eigenvalue weighted by Crippen LogP contribution is -2.39. The first kappa shape index (κ1) is 15.5. The average Bonchev–Trinajstić information content (AvgIpc) is 3.05. The van der Waals surface area contributed by atoms with E-state index in [-0.39, 0.29) is 11.4 Å². The van der Waals surface area contributed by atoms with E-state index in [0.717, 1.165) is 15.1 Å². The zero-order chi connectivity index (χ0) is 16.4. The SMILES string of the molecule is [N-]=[N+]=NC(=O)[C@@H]1CCCN1S(=O)(=O)c1ccc2ccccc2c1. The lowest BCUT2D eigenvalue weighted by molar-refractivity contribution is -0.120. The highest BCUT2D eigenvalue weighted by molar-refractivity contribution is 7.89. The Bertz CT molecular complexity index is 919. The van der Waals surface area contributed by atoms with Gasteiger partial charge in [-0.15, -0.1) is 0 Å². The van der Waals surface area contributed by atoms with Gasteiger partial charge < -0.3 is 0 Å². The van der Waals surface area contributed by atoms with Crippen molar-refractivity contribution in [1.29, 1.82) is 0 Å². The summed E-state index contributed by atoms with van der Waals surface area (Å²) in [5.41, 5.74) is 8.39. The van der Waals surface area contributed by atoms with Crippen LogP contribution in [0.15, 0.2) is 52.5 Å². The first-order valence-electron chi connectivity index (χ1n) is 7.13. The van der Waals surface area contributed by atoms with E-state index in [1.54, 1.807) is 12.1 Å². The molecule has 0 aliphatic carbocycles. The lowest BCUT2D eigenvalue weighted by Gasteiger charge is -2.21. The Morgan fingerprint density at radius 2 is 1.96 bits per heavy atom. The summed E-state index contributed by atoms with van der Waals surface area (Å²) in [6.45, 7) is 0.243. The van der Waals surface area contributed by atoms with Crippen molar-refractivity contribution in [2.24, 2.45) is 5.11 Å². The quantitative estimate of drug-likeness (QED) is 0.491. The Kier molecular flexibility index (Phi) is 4.04. The zero-order valence-corrected chi connectivity index (χ0v) is 13.0. The van der Waals surface area contributed by atoms with E-state index >= 15 is 0 Å². The molecule has 1 fully saturated rings. The summed E-state index contributed by atoms with van der Waals surface area (Å²) in [4.78, 5) is 14.4. The van der Waals surface area contributed by atoms with Crippen molar-refractivity contribution in [3.05, 3.63) is 52.9 Å². The minimum Gasteiger partial charge on any atom is -0.291 e. The van der Waals surface area contributed by atoms with E-state index in [2.05, 4.69) is 10.0 Å². The van der Waals surface area contributed by atoms with Gasteiger partial charge in [-0.3, -0.25) is 4.79 Å². The van der Waals surface area contributed by atoms with Gasteiger partial charge in [0.15, 0.2) is 0 Å². The van der Waals surface area contributed by atoms with Gasteiger partial charge in [-0.1, -0.05) is 30.3 Å². The van der Waals surface area contributed by atoms with Crippen molar-refractivity contribution in [3.63, 3.8) is 0 Å². The maximum Gasteiger partial charge on any atom is 0.243 e. The summed E-state index contributed by atoms with van der Waals surface area (Å²) in [6.07, 6.45) is 0.925. The molecular weight excluding hydrogens is 316 g/mol. The molecule has 0 unspecified atom stereocenters. The number of hydrogen-bond acceptors (Lipinski definition) is 3. The summed E-state index contributed by atoms with van der Waals surface area (Å²) >= 11 is 0. The predicted octanol–water partition coefficient (Wildman–Crippen LogP) is 2.83. The van der Waals surface area contributed by atoms with Crippen LogP contribution in [0.1, 0.15) is 12.8 Å². The topological polar surface area (TPSA) is 103 Å². The van der Waals surface area contributed by atoms with E-state index in [1.165, 1.54) is 6.07 Å². The number of rotatable bonds is 3. The molecule has 1 atom stereocenters. The Morgan fingerprint density at radius 1 is 1.22 bits per heavy atom. The molecule has 1 aliphatic heterocycles. The monoisotopic (exact) mass is 330 g/mol. The number of nitrogens with zero attached hydrogens (tertiary/aromatic N) is 4. The van der Waals surface area contributed by atoms with Gasteiger partial charge in [-0.25, -0.2) is 8.42 Å². The normalized spacial score (nSPS) is 18.7. The van der Waals surface area contributed by atoms with Gasteiger partial charge >= 0.3 is 0 Å². The molecule has 2 aromatic carbocycles. The predicted molar refractivity (Wildman–Crippen MR) is 85.0 cm³/mol. The maximum atomic E-state index is 12.8. The molecule has 8 heteroatoms. The number of carbonyl (C=O) groups excluding carboxylic acids is 1. The van der Waals surface area contributed by atoms with Crippen LogP contribution in [-0.4, -0.2) is 31.2 Å². The van der Waals surface area contributed by atoms with Crippen LogP contribution in [0.4, 0.5) is 0 Å². The van der Waals surface area contributed by atoms with Crippen LogP contribution in [-0.2, 0) is 14.8 Å². The third-order valence-electron chi connectivity index (χ3n) is 3.96. The molecule has 0 aromatic heterocycles. The van der Waals surface area contributed by atoms with Gasteiger partial charge in [0.2, 0.25) is 15.9 Å². The lowest BCUT2D eigenvalue weighted by atomic mass is 10.1. The maximum absolute atomic E-state index is 12.8. The molecule has 1 heterocycles. The fraction of sp³-hybridized carbons (Fsp3) is 0.267. The van der Waals surface area contributed by atoms with Gasteiger partial charge in [-0.2, -0.15) is 4.31 Å². The first-order chi connectivity index (χ1) is 11.0. The molecule has 23 heavy (non-hydrogen) atoms. The van der Waals surface area contributed by atoms with Crippen LogP contribution in [0, 0.1) is 0 Å². The van der Waals surface area contributed by atoms with Gasteiger partial charge in [0.1, 0.15) is 0 Å². The molecule has 0 bridgehead atoms. The molecule has 118 valence electrons. The molecule has 0 N–H and O–H groups in total. The Morgan fingerprint density at radius 3 is 2.70 bits per heavy atom. The van der Waals surface area contributed by atoms with Crippen molar-refractivity contribution in [2.45, 2.75) is 23.8 Å². The summed E-state index contributed by atoms with van der Waals surface area (Å²) in [5.74, 6) is -0.755. The molecule has 7 nitrogen and oxygen atoms in total. The highest BCUT2D eigenvalue weighted by Crippen LogP contribution is 2.28. The van der Waals surface area contributed by atoms with Gasteiger partial charge in [0.25, 0.3) is 0 Å². The van der Waals surface area contributed by atoms with E-state index < -0.39 is 22.0 Å². The van der Waals surface area contributed by atoms with Gasteiger partial charge in [0, 0.05) is 11.5 Å². The molecule has 3 rings (SSSR count). The fourth-order valence-corrected chi connectivity index (χ4v) is 4.54. The van der Waals surface area contributed by atoms with E-state index in [1.807, 2.05) is 24.3 Å². The van der Waals surface area contributed by atoms with E-state index in [4.69, 9.17) is 5.53 Å². The summed E-state index contributed by atoms with van der Waals surface area (Å²) < 4.78 is 26.8. The van der Waals surface area contributed by atoms with Crippen LogP contribution in [0.25, 0.3) is 21.2 Å². The Balaban J connectivity index is 2.02. The van der Waals surface area contributed by atoms with Crippen LogP contribution in [0.5, 0.6) is 0 Å². The first-order valence-corrected chi connectivity index (χ1v) is 8.57. The van der Waals surface area contributed by atoms with Crippen LogP contribution < -0.4 is 0 Å². The average molecular weight is 330 g/mol. The van der Waals surface area contributed by atoms with Crippen molar-refractivity contribution in [3.8, 4) is 0 Å². The van der Waals surface area contributed by atoms with Crippen LogP contribution in [0.3, 0.4) is 0 Å². The molecule has 0 radical (unpaired) electrons. The molecule has 2 aromatic rings. The molecule has 1 aliphatic rings. The van der Waals surface area contributed by atoms with E-state index in [9.17, 15) is 13.2 Å². The highest BCUT2D eigenvalue weighted by atomic mass is 32.2. The number of fused-ring (bicyclic) bond motifs is 1. The standard InChI is InChI=1S/C15H14N4O3S/c16-18-17-15(20)14-6-3-9-19(14)23(21,22)13-8-7-11-4-1-2-5-12(11)10-13/h1-2,4-5,7-8,10,14H,3,6,9H2/t14-/m0/s1. The summed E-state index contributed by atoms with van der Waals surface area (Å²) in [6, 6.07) is 11.4. The number of amides is 1. The Hall–Kier alpha value is -2.41. The summed E-state index contributed by atoms with van der Waals surface area (Å²) in [5, 5.41) is 4.80. The summed E-state index contributed by atoms with van der Waals surface area (Å²) in [7, 11) is -3.81. The second-order valence-corrected chi connectivity index (χ2v) is 7.20. The van der Waals surface area contributed by atoms with Crippen molar-refractivity contribution in [2.75, 3.05) is 6.54 Å². The van der Waals surface area contributed by atoms with Gasteiger partial charge in [0.05, 0.1) is 10.9 Å². The van der Waals surface area contributed by atoms with Gasteiger partial charge in [-0.05, 0) is 46.4 Å². The second-order valence-electron chi connectivity index (χ2n) is 5.31. The highest BCUT2D eigenvalue weighted by Gasteiger charge is 2.38. The van der Waals surface area contributed by atoms with Crippen molar-refractivity contribution in [1.82, 2.24) is 4.31 Å². The molecule has 1 saturated heterocycles. The smallest absolute Gasteiger partial charge is 0.243 e. The minimum atomic E-state index is -3.81. The van der Waals surface area contributed by atoms with Crippen molar-refractivity contribution >= 4 is 26.7 Å². The Labute approximate surface area is 133 Å². The second kappa shape index (κ2) is 6.00. The van der Waals surface area contributed by atoms with Crippen molar-refractivity contribution < 1.29 is 13.2 Å². The molecule has 0 saturated carbocycles. The third-order valence-corrected chi connectivity index (χ3v) is 5.86. The molecule has 1 amide bonds. The number of hydrogen-bond donors (Lipinski definition) is 0. The largest absolute Gasteiger partial charge is 0.291 e. The number of azide groups is 1.